The van der Waals surface area contributed by atoms with Crippen molar-refractivity contribution in [1.29, 1.82) is 0 Å². The summed E-state index contributed by atoms with van der Waals surface area (Å²) in [5, 5.41) is 1.20. The number of para-hydroxylation sites is 1. The normalized spacial score (nSPS) is 11.5. The molecule has 0 aliphatic rings. The molecule has 212 valence electrons. The molecule has 0 atom stereocenters. The second-order valence-electron chi connectivity index (χ2n) is 11.3. The van der Waals surface area contributed by atoms with Gasteiger partial charge >= 0.3 is 0 Å². The summed E-state index contributed by atoms with van der Waals surface area (Å²) < 4.78 is 0. The van der Waals surface area contributed by atoms with Crippen LogP contribution < -0.4 is 4.90 Å². The summed E-state index contributed by atoms with van der Waals surface area (Å²) in [5.74, 6) is 0. The minimum absolute atomic E-state index is 1.05. The van der Waals surface area contributed by atoms with Crippen LogP contribution >= 0.6 is 0 Å². The highest BCUT2D eigenvalue weighted by atomic mass is 15.1. The van der Waals surface area contributed by atoms with Gasteiger partial charge in [0.25, 0.3) is 0 Å². The van der Waals surface area contributed by atoms with Gasteiger partial charge in [0.2, 0.25) is 0 Å². The van der Waals surface area contributed by atoms with E-state index in [0.717, 1.165) is 5.52 Å². The van der Waals surface area contributed by atoms with Gasteiger partial charge in [0, 0.05) is 30.4 Å². The summed E-state index contributed by atoms with van der Waals surface area (Å²) in [4.78, 5) is 7.14. The van der Waals surface area contributed by atoms with Gasteiger partial charge in [-0.25, -0.2) is 0 Å². The van der Waals surface area contributed by atoms with Crippen molar-refractivity contribution in [2.24, 2.45) is 0 Å². The molecule has 3 aromatic rings. The largest absolute Gasteiger partial charge is 0.372 e. The van der Waals surface area contributed by atoms with Crippen molar-refractivity contribution in [3.05, 3.63) is 71.9 Å². The Hall–Kier alpha value is -2.61. The Balaban J connectivity index is 1.52. The predicted molar refractivity (Wildman–Crippen MR) is 175 cm³/mol. The van der Waals surface area contributed by atoms with E-state index in [4.69, 9.17) is 0 Å². The topological polar surface area (TPSA) is 16.1 Å². The molecule has 0 aliphatic carbocycles. The monoisotopic (exact) mass is 526 g/mol. The first kappa shape index (κ1) is 30.9. The van der Waals surface area contributed by atoms with E-state index in [1.807, 2.05) is 6.20 Å². The Morgan fingerprint density at radius 2 is 1.10 bits per heavy atom. The van der Waals surface area contributed by atoms with Gasteiger partial charge in [-0.1, -0.05) is 146 Å². The number of anilines is 1. The molecule has 0 N–H and O–H groups in total. The molecule has 3 rings (SSSR count). The number of unbranched alkanes of at least 4 members (excludes halogenated alkanes) is 14. The van der Waals surface area contributed by atoms with Gasteiger partial charge in [0.1, 0.15) is 0 Å². The zero-order valence-electron chi connectivity index (χ0n) is 25.1. The average Bonchev–Trinajstić information content (AvgIpc) is 2.98. The Labute approximate surface area is 239 Å². The van der Waals surface area contributed by atoms with Crippen LogP contribution in [0, 0.1) is 0 Å². The van der Waals surface area contributed by atoms with Crippen molar-refractivity contribution in [1.82, 2.24) is 4.98 Å². The summed E-state index contributed by atoms with van der Waals surface area (Å²) in [5.41, 5.74) is 4.90. The van der Waals surface area contributed by atoms with Crippen molar-refractivity contribution in [2.75, 3.05) is 18.0 Å². The number of hydrogen-bond donors (Lipinski definition) is 0. The molecule has 0 saturated heterocycles. The third-order valence-electron chi connectivity index (χ3n) is 7.96. The maximum absolute atomic E-state index is 4.49. The molecule has 1 heterocycles. The summed E-state index contributed by atoms with van der Waals surface area (Å²) in [6.45, 7) is 6.96. The van der Waals surface area contributed by atoms with Crippen LogP contribution in [0.3, 0.4) is 0 Å². The molecule has 0 amide bonds. The molecule has 0 fully saturated rings. The first-order chi connectivity index (χ1) is 19.3. The van der Waals surface area contributed by atoms with E-state index in [1.54, 1.807) is 0 Å². The van der Waals surface area contributed by atoms with E-state index in [1.165, 1.54) is 138 Å². The molecular formula is C37H54N2. The lowest BCUT2D eigenvalue weighted by molar-refractivity contribution is 0.555. The molecule has 0 bridgehead atoms. The fourth-order valence-corrected chi connectivity index (χ4v) is 5.49. The smallest absolute Gasteiger partial charge is 0.0707 e. The van der Waals surface area contributed by atoms with Crippen LogP contribution in [-0.2, 0) is 0 Å². The fourth-order valence-electron chi connectivity index (χ4n) is 5.49. The quantitative estimate of drug-likeness (QED) is 0.128. The maximum Gasteiger partial charge on any atom is 0.0707 e. The number of benzene rings is 2. The predicted octanol–water partition coefficient (Wildman–Crippen LogP) is 11.5. The number of fused-ring (bicyclic) bond motifs is 1. The van der Waals surface area contributed by atoms with Crippen molar-refractivity contribution >= 4 is 28.7 Å². The van der Waals surface area contributed by atoms with Crippen LogP contribution in [0.1, 0.15) is 128 Å². The van der Waals surface area contributed by atoms with E-state index in [9.17, 15) is 0 Å². The Morgan fingerprint density at radius 1 is 0.564 bits per heavy atom. The molecule has 39 heavy (non-hydrogen) atoms. The van der Waals surface area contributed by atoms with Crippen LogP contribution in [0.25, 0.3) is 23.1 Å². The zero-order chi connectivity index (χ0) is 27.4. The Bertz CT molecular complexity index is 1030. The molecule has 2 aromatic carbocycles. The minimum atomic E-state index is 1.05. The Kier molecular flexibility index (Phi) is 15.4. The second-order valence-corrected chi connectivity index (χ2v) is 11.3. The average molecular weight is 527 g/mol. The number of rotatable bonds is 21. The van der Waals surface area contributed by atoms with Crippen molar-refractivity contribution in [3.63, 3.8) is 0 Å². The highest BCUT2D eigenvalue weighted by Crippen LogP contribution is 2.22. The molecule has 0 radical (unpaired) electrons. The van der Waals surface area contributed by atoms with Crippen molar-refractivity contribution in [2.45, 2.75) is 117 Å². The summed E-state index contributed by atoms with van der Waals surface area (Å²) >= 11 is 0. The third-order valence-corrected chi connectivity index (χ3v) is 7.96. The van der Waals surface area contributed by atoms with Gasteiger partial charge < -0.3 is 4.90 Å². The van der Waals surface area contributed by atoms with Crippen LogP contribution in [0.2, 0.25) is 0 Å². The molecule has 1 aromatic heterocycles. The number of hydrogen-bond acceptors (Lipinski definition) is 2. The van der Waals surface area contributed by atoms with Gasteiger partial charge in [-0.05, 0) is 48.2 Å². The highest BCUT2D eigenvalue weighted by Gasteiger charge is 2.07. The van der Waals surface area contributed by atoms with E-state index < -0.39 is 0 Å². The van der Waals surface area contributed by atoms with Crippen molar-refractivity contribution in [3.8, 4) is 0 Å². The maximum atomic E-state index is 4.49. The second kappa shape index (κ2) is 19.4. The van der Waals surface area contributed by atoms with Gasteiger partial charge in [0.05, 0.1) is 5.52 Å². The minimum Gasteiger partial charge on any atom is -0.372 e. The molecule has 0 spiro atoms. The fraction of sp³-hybridized carbons (Fsp3) is 0.541. The van der Waals surface area contributed by atoms with Gasteiger partial charge in [-0.2, -0.15) is 0 Å². The molecule has 2 nitrogen and oxygen atoms in total. The zero-order valence-corrected chi connectivity index (χ0v) is 25.1. The van der Waals surface area contributed by atoms with Crippen molar-refractivity contribution < 1.29 is 0 Å². The van der Waals surface area contributed by atoms with Crippen LogP contribution in [0.5, 0.6) is 0 Å². The lowest BCUT2D eigenvalue weighted by atomic mass is 10.1. The SMILES string of the molecule is CCCCCCCCCCN(CCCCCCCCCC)c1ccc(/C=C/c2ccnc3ccccc23)cc1. The van der Waals surface area contributed by atoms with Gasteiger partial charge in [-0.3, -0.25) is 4.98 Å². The molecule has 2 heteroatoms. The van der Waals surface area contributed by atoms with Crippen LogP contribution in [-0.4, -0.2) is 18.1 Å². The molecular weight excluding hydrogens is 472 g/mol. The first-order valence-electron chi connectivity index (χ1n) is 16.2. The van der Waals surface area contributed by atoms with Crippen LogP contribution in [0.15, 0.2) is 60.8 Å². The summed E-state index contributed by atoms with van der Waals surface area (Å²) in [6, 6.07) is 19.7. The number of pyridine rings is 1. The van der Waals surface area contributed by atoms with E-state index in [-0.39, 0.29) is 0 Å². The molecule has 0 aliphatic heterocycles. The van der Waals surface area contributed by atoms with Gasteiger partial charge in [-0.15, -0.1) is 0 Å². The third kappa shape index (κ3) is 12.0. The van der Waals surface area contributed by atoms with E-state index >= 15 is 0 Å². The van der Waals surface area contributed by atoms with E-state index in [2.05, 4.69) is 90.5 Å². The molecule has 0 saturated carbocycles. The Morgan fingerprint density at radius 3 is 1.69 bits per heavy atom. The van der Waals surface area contributed by atoms with Crippen LogP contribution in [0.4, 0.5) is 5.69 Å². The highest BCUT2D eigenvalue weighted by molar-refractivity contribution is 5.90. The lowest BCUT2D eigenvalue weighted by Gasteiger charge is -2.25. The number of aromatic nitrogens is 1. The van der Waals surface area contributed by atoms with E-state index in [0.29, 0.717) is 0 Å². The molecule has 0 unspecified atom stereocenters. The first-order valence-corrected chi connectivity index (χ1v) is 16.2. The standard InChI is InChI=1S/C37H54N2/c1-3-5-7-9-11-13-15-19-31-39(32-20-16-14-12-10-8-6-4-2)35-27-24-33(25-28-35)23-26-34-29-30-38-37-22-18-17-21-36(34)37/h17-18,21-30H,3-16,19-20,31-32H2,1-2H3/b26-23+. The number of nitrogens with zero attached hydrogens (tertiary/aromatic N) is 2. The van der Waals surface area contributed by atoms with Gasteiger partial charge in [0.15, 0.2) is 0 Å². The lowest BCUT2D eigenvalue weighted by Crippen LogP contribution is -2.25. The summed E-state index contributed by atoms with van der Waals surface area (Å²) in [6.07, 6.45) is 28.4. The summed E-state index contributed by atoms with van der Waals surface area (Å²) in [7, 11) is 0.